The van der Waals surface area contributed by atoms with Crippen LogP contribution >= 0.6 is 0 Å². The molecule has 0 saturated carbocycles. The van der Waals surface area contributed by atoms with Gasteiger partial charge in [-0.1, -0.05) is 0 Å². The van der Waals surface area contributed by atoms with Gasteiger partial charge in [-0.2, -0.15) is 0 Å². The third-order valence-corrected chi connectivity index (χ3v) is 4.40. The Hall–Kier alpha value is -2.19. The van der Waals surface area contributed by atoms with Gasteiger partial charge in [0.2, 0.25) is 0 Å². The molecule has 1 aliphatic rings. The number of aldehydes is 1. The van der Waals surface area contributed by atoms with Crippen LogP contribution in [0.4, 0.5) is 4.79 Å². The lowest BCUT2D eigenvalue weighted by molar-refractivity contribution is -0.0435. The van der Waals surface area contributed by atoms with Crippen LogP contribution < -0.4 is 5.56 Å². The van der Waals surface area contributed by atoms with Crippen LogP contribution in [0.1, 0.15) is 67.4 Å². The summed E-state index contributed by atoms with van der Waals surface area (Å²) in [4.78, 5) is 37.6. The molecule has 0 aromatic carbocycles. The Bertz CT molecular complexity index is 739. The molecule has 26 heavy (non-hydrogen) atoms. The van der Waals surface area contributed by atoms with Crippen molar-refractivity contribution < 1.29 is 24.5 Å². The fourth-order valence-electron chi connectivity index (χ4n) is 3.18. The van der Waals surface area contributed by atoms with Crippen molar-refractivity contribution in [3.05, 3.63) is 33.2 Å². The maximum absolute atomic E-state index is 12.6. The van der Waals surface area contributed by atoms with Crippen molar-refractivity contribution in [2.24, 2.45) is 0 Å². The van der Waals surface area contributed by atoms with E-state index in [1.54, 1.807) is 32.6 Å². The minimum atomic E-state index is -1.88. The summed E-state index contributed by atoms with van der Waals surface area (Å²) in [5, 5.41) is 18.8. The number of likely N-dealkylation sites (tertiary alicyclic amines) is 1. The molecule has 1 saturated heterocycles. The summed E-state index contributed by atoms with van der Waals surface area (Å²) in [5.41, 5.74) is -0.968. The zero-order valence-corrected chi connectivity index (χ0v) is 15.6. The monoisotopic (exact) mass is 366 g/mol. The average molecular weight is 366 g/mol. The van der Waals surface area contributed by atoms with E-state index in [9.17, 15) is 24.6 Å². The summed E-state index contributed by atoms with van der Waals surface area (Å²) in [6.07, 6.45) is 0.711. The number of carbonyl (C=O) groups is 2. The van der Waals surface area contributed by atoms with E-state index in [0.29, 0.717) is 37.8 Å². The van der Waals surface area contributed by atoms with Crippen LogP contribution in [0.5, 0.6) is 0 Å². The van der Waals surface area contributed by atoms with Crippen molar-refractivity contribution in [1.29, 1.82) is 0 Å². The number of aryl methyl sites for hydroxylation is 1. The molecule has 2 N–H and O–H groups in total. The Morgan fingerprint density at radius 1 is 1.31 bits per heavy atom. The Morgan fingerprint density at radius 3 is 2.35 bits per heavy atom. The molecule has 2 heterocycles. The summed E-state index contributed by atoms with van der Waals surface area (Å²) in [5.74, 6) is 0. The number of carbonyl (C=O) groups excluding carboxylic acids is 2. The lowest BCUT2D eigenvalue weighted by Gasteiger charge is -2.34. The lowest BCUT2D eigenvalue weighted by Crippen LogP contribution is -2.43. The topological polar surface area (TPSA) is 109 Å². The van der Waals surface area contributed by atoms with Gasteiger partial charge in [0.25, 0.3) is 5.56 Å². The van der Waals surface area contributed by atoms with Gasteiger partial charge in [0, 0.05) is 30.9 Å². The van der Waals surface area contributed by atoms with Gasteiger partial charge in [-0.15, -0.1) is 0 Å². The molecular weight excluding hydrogens is 340 g/mol. The number of hydrogen-bond acceptors (Lipinski definition) is 6. The van der Waals surface area contributed by atoms with Crippen LogP contribution in [0, 0.1) is 6.92 Å². The smallest absolute Gasteiger partial charge is 0.410 e. The van der Waals surface area contributed by atoms with Gasteiger partial charge in [0.1, 0.15) is 5.60 Å². The molecule has 0 radical (unpaired) electrons. The first kappa shape index (κ1) is 20.1. The number of aliphatic hydroxyl groups is 2. The molecule has 1 amide bonds. The standard InChI is InChI=1S/C18H26N2O6/c1-11-9-20(15(22)13(10-21)14(11)16(23)24)12-5-7-19(8-6-12)17(25)26-18(2,3)4/h9-10,12,16,23-24H,5-8H2,1-4H3. The molecule has 0 bridgehead atoms. The number of pyridine rings is 1. The number of aromatic nitrogens is 1. The van der Waals surface area contributed by atoms with E-state index in [2.05, 4.69) is 0 Å². The number of aliphatic hydroxyl groups excluding tert-OH is 1. The van der Waals surface area contributed by atoms with Crippen molar-refractivity contribution in [3.8, 4) is 0 Å². The molecule has 0 spiro atoms. The first-order valence-corrected chi connectivity index (χ1v) is 8.60. The predicted molar refractivity (Wildman–Crippen MR) is 94.1 cm³/mol. The number of hydrogen-bond donors (Lipinski definition) is 2. The van der Waals surface area contributed by atoms with Crippen LogP contribution in [-0.4, -0.2) is 50.8 Å². The summed E-state index contributed by atoms with van der Waals surface area (Å²) >= 11 is 0. The van der Waals surface area contributed by atoms with Crippen LogP contribution in [0.3, 0.4) is 0 Å². The Balaban J connectivity index is 2.20. The molecular formula is C18H26N2O6. The largest absolute Gasteiger partial charge is 0.444 e. The molecule has 1 aromatic rings. The molecule has 0 atom stereocenters. The summed E-state index contributed by atoms with van der Waals surface area (Å²) in [7, 11) is 0. The molecule has 1 aliphatic heterocycles. The van der Waals surface area contributed by atoms with Crippen molar-refractivity contribution in [3.63, 3.8) is 0 Å². The number of rotatable bonds is 3. The van der Waals surface area contributed by atoms with Crippen LogP contribution in [0.2, 0.25) is 0 Å². The highest BCUT2D eigenvalue weighted by atomic mass is 16.6. The zero-order chi connectivity index (χ0) is 19.6. The maximum atomic E-state index is 12.6. The summed E-state index contributed by atoms with van der Waals surface area (Å²) in [6, 6.07) is -0.177. The van der Waals surface area contributed by atoms with E-state index in [0.717, 1.165) is 0 Å². The summed E-state index contributed by atoms with van der Waals surface area (Å²) < 4.78 is 6.81. The highest BCUT2D eigenvalue weighted by molar-refractivity contribution is 5.77. The summed E-state index contributed by atoms with van der Waals surface area (Å²) in [6.45, 7) is 7.90. The molecule has 0 aliphatic carbocycles. The van der Waals surface area contributed by atoms with Crippen LogP contribution in [-0.2, 0) is 4.74 Å². The van der Waals surface area contributed by atoms with Gasteiger partial charge in [0.15, 0.2) is 12.6 Å². The second kappa shape index (κ2) is 7.59. The van der Waals surface area contributed by atoms with Gasteiger partial charge in [-0.05, 0) is 46.1 Å². The molecule has 1 fully saturated rings. The number of nitrogens with zero attached hydrogens (tertiary/aromatic N) is 2. The van der Waals surface area contributed by atoms with Gasteiger partial charge in [-0.25, -0.2) is 4.79 Å². The van der Waals surface area contributed by atoms with E-state index in [1.165, 1.54) is 10.8 Å². The quantitative estimate of drug-likeness (QED) is 0.620. The highest BCUT2D eigenvalue weighted by Crippen LogP contribution is 2.25. The fraction of sp³-hybridized carbons (Fsp3) is 0.611. The van der Waals surface area contributed by atoms with Gasteiger partial charge >= 0.3 is 6.09 Å². The van der Waals surface area contributed by atoms with Crippen molar-refractivity contribution in [1.82, 2.24) is 9.47 Å². The zero-order valence-electron chi connectivity index (χ0n) is 15.6. The first-order chi connectivity index (χ1) is 12.0. The maximum Gasteiger partial charge on any atom is 0.410 e. The Morgan fingerprint density at radius 2 is 1.88 bits per heavy atom. The number of ether oxygens (including phenoxy) is 1. The third kappa shape index (κ3) is 4.31. The van der Waals surface area contributed by atoms with Gasteiger partial charge in [0.05, 0.1) is 5.56 Å². The Kier molecular flexibility index (Phi) is 5.87. The first-order valence-electron chi connectivity index (χ1n) is 8.60. The molecule has 144 valence electrons. The lowest BCUT2D eigenvalue weighted by atomic mass is 10.0. The van der Waals surface area contributed by atoms with Gasteiger partial charge in [-0.3, -0.25) is 9.59 Å². The van der Waals surface area contributed by atoms with Crippen molar-refractivity contribution >= 4 is 12.4 Å². The Labute approximate surface area is 152 Å². The predicted octanol–water partition coefficient (Wildman–Crippen LogP) is 1.52. The van der Waals surface area contributed by atoms with Crippen LogP contribution in [0.15, 0.2) is 11.0 Å². The van der Waals surface area contributed by atoms with E-state index in [-0.39, 0.29) is 23.3 Å². The minimum absolute atomic E-state index is 0.0626. The molecule has 0 unspecified atom stereocenters. The molecule has 1 aromatic heterocycles. The van der Waals surface area contributed by atoms with E-state index < -0.39 is 17.5 Å². The minimum Gasteiger partial charge on any atom is -0.444 e. The van der Waals surface area contributed by atoms with E-state index >= 15 is 0 Å². The average Bonchev–Trinajstić information content (AvgIpc) is 2.54. The highest BCUT2D eigenvalue weighted by Gasteiger charge is 2.29. The molecule has 2 rings (SSSR count). The number of amides is 1. The fourth-order valence-corrected chi connectivity index (χ4v) is 3.18. The normalized spacial score (nSPS) is 16.0. The third-order valence-electron chi connectivity index (χ3n) is 4.40. The van der Waals surface area contributed by atoms with E-state index in [1.807, 2.05) is 0 Å². The molecule has 8 heteroatoms. The SMILES string of the molecule is Cc1cn(C2CCN(C(=O)OC(C)(C)C)CC2)c(=O)c(C=O)c1C(O)O. The van der Waals surface area contributed by atoms with Crippen LogP contribution in [0.25, 0.3) is 0 Å². The second-order valence-corrected chi connectivity index (χ2v) is 7.54. The van der Waals surface area contributed by atoms with E-state index in [4.69, 9.17) is 4.74 Å². The van der Waals surface area contributed by atoms with Crippen molar-refractivity contribution in [2.75, 3.05) is 13.1 Å². The number of piperidine rings is 1. The van der Waals surface area contributed by atoms with Gasteiger partial charge < -0.3 is 24.4 Å². The van der Waals surface area contributed by atoms with Crippen molar-refractivity contribution in [2.45, 2.75) is 58.5 Å². The molecule has 8 nitrogen and oxygen atoms in total. The second-order valence-electron chi connectivity index (χ2n) is 7.54.